The summed E-state index contributed by atoms with van der Waals surface area (Å²) in [6, 6.07) is 21.2. The lowest BCUT2D eigenvalue weighted by Gasteiger charge is -2.15. The number of benzene rings is 3. The molecule has 0 unspecified atom stereocenters. The van der Waals surface area contributed by atoms with Gasteiger partial charge in [-0.1, -0.05) is 61.9 Å². The molecule has 0 bridgehead atoms. The van der Waals surface area contributed by atoms with E-state index in [1.54, 1.807) is 7.11 Å². The summed E-state index contributed by atoms with van der Waals surface area (Å²) < 4.78 is 7.55. The first-order valence-corrected chi connectivity index (χ1v) is 10.6. The van der Waals surface area contributed by atoms with Crippen molar-refractivity contribution in [1.82, 2.24) is 9.55 Å². The van der Waals surface area contributed by atoms with Crippen molar-refractivity contribution in [2.24, 2.45) is 0 Å². The zero-order chi connectivity index (χ0) is 21.8. The smallest absolute Gasteiger partial charge is 0.336 e. The highest BCUT2D eigenvalue weighted by molar-refractivity contribution is 5.97. The first kappa shape index (κ1) is 20.7. The number of ether oxygens (including phenoxy) is 1. The standard InChI is InChI=1S/C26H26N2O3/c1-3-4-13-24-27-22-15-14-20(31-2)16-23(22)28(24)17-19-11-8-12-21(25(19)26(29)30)18-9-6-5-7-10-18/h5-12,14-16H,3-4,13,17H2,1-2H3,(H,29,30). The van der Waals surface area contributed by atoms with Crippen LogP contribution < -0.4 is 4.74 Å². The maximum Gasteiger partial charge on any atom is 0.336 e. The third-order valence-corrected chi connectivity index (χ3v) is 5.57. The molecule has 4 rings (SSSR count). The highest BCUT2D eigenvalue weighted by atomic mass is 16.5. The van der Waals surface area contributed by atoms with Gasteiger partial charge in [0.05, 0.1) is 30.3 Å². The van der Waals surface area contributed by atoms with Crippen LogP contribution in [0.5, 0.6) is 5.75 Å². The van der Waals surface area contributed by atoms with Gasteiger partial charge in [-0.15, -0.1) is 0 Å². The fraction of sp³-hybridized carbons (Fsp3) is 0.231. The number of aromatic nitrogens is 2. The van der Waals surface area contributed by atoms with Gasteiger partial charge in [-0.05, 0) is 35.2 Å². The first-order chi connectivity index (χ1) is 15.1. The van der Waals surface area contributed by atoms with E-state index in [1.165, 1.54) is 0 Å². The number of rotatable bonds is 8. The predicted molar refractivity (Wildman–Crippen MR) is 123 cm³/mol. The van der Waals surface area contributed by atoms with Gasteiger partial charge >= 0.3 is 5.97 Å². The fourth-order valence-corrected chi connectivity index (χ4v) is 3.99. The quantitative estimate of drug-likeness (QED) is 0.396. The van der Waals surface area contributed by atoms with Crippen molar-refractivity contribution in [2.75, 3.05) is 7.11 Å². The molecule has 0 aliphatic rings. The van der Waals surface area contributed by atoms with E-state index < -0.39 is 5.97 Å². The SMILES string of the molecule is CCCCc1nc2ccc(OC)cc2n1Cc1cccc(-c2ccccc2)c1C(=O)O. The predicted octanol–water partition coefficient (Wildman–Crippen LogP) is 5.80. The van der Waals surface area contributed by atoms with Gasteiger partial charge in [0.1, 0.15) is 11.6 Å². The monoisotopic (exact) mass is 414 g/mol. The van der Waals surface area contributed by atoms with Crippen molar-refractivity contribution in [1.29, 1.82) is 0 Å². The van der Waals surface area contributed by atoms with Gasteiger partial charge in [-0.25, -0.2) is 9.78 Å². The van der Waals surface area contributed by atoms with Gasteiger partial charge in [0.25, 0.3) is 0 Å². The van der Waals surface area contributed by atoms with Crippen molar-refractivity contribution < 1.29 is 14.6 Å². The van der Waals surface area contributed by atoms with E-state index in [2.05, 4.69) is 11.5 Å². The number of hydrogen-bond donors (Lipinski definition) is 1. The molecule has 5 nitrogen and oxygen atoms in total. The molecule has 158 valence electrons. The summed E-state index contributed by atoms with van der Waals surface area (Å²) in [6.45, 7) is 2.59. The third kappa shape index (κ3) is 4.17. The number of aromatic carboxylic acids is 1. The van der Waals surface area contributed by atoms with Gasteiger partial charge in [0, 0.05) is 12.5 Å². The number of fused-ring (bicyclic) bond motifs is 1. The maximum absolute atomic E-state index is 12.3. The summed E-state index contributed by atoms with van der Waals surface area (Å²) in [5.41, 5.74) is 4.55. The zero-order valence-corrected chi connectivity index (χ0v) is 17.8. The number of unbranched alkanes of at least 4 members (excludes halogenated alkanes) is 1. The van der Waals surface area contributed by atoms with Crippen molar-refractivity contribution in [3.63, 3.8) is 0 Å². The molecule has 1 heterocycles. The molecule has 0 atom stereocenters. The Morgan fingerprint density at radius 3 is 2.58 bits per heavy atom. The van der Waals surface area contributed by atoms with Crippen LogP contribution in [0.3, 0.4) is 0 Å². The third-order valence-electron chi connectivity index (χ3n) is 5.57. The number of carboxylic acid groups (broad SMARTS) is 1. The molecule has 4 aromatic rings. The second-order valence-corrected chi connectivity index (χ2v) is 7.58. The van der Waals surface area contributed by atoms with Crippen molar-refractivity contribution >= 4 is 17.0 Å². The van der Waals surface area contributed by atoms with Crippen LogP contribution >= 0.6 is 0 Å². The Bertz CT molecular complexity index is 1210. The van der Waals surface area contributed by atoms with Crippen molar-refractivity contribution in [3.05, 3.63) is 83.7 Å². The molecule has 5 heteroatoms. The number of nitrogens with zero attached hydrogens (tertiary/aromatic N) is 2. The minimum Gasteiger partial charge on any atom is -0.497 e. The Kier molecular flexibility index (Phi) is 6.03. The summed E-state index contributed by atoms with van der Waals surface area (Å²) in [4.78, 5) is 17.2. The van der Waals surface area contributed by atoms with E-state index in [0.29, 0.717) is 12.1 Å². The van der Waals surface area contributed by atoms with Crippen LogP contribution in [0.2, 0.25) is 0 Å². The Hall–Kier alpha value is -3.60. The lowest BCUT2D eigenvalue weighted by atomic mass is 9.95. The van der Waals surface area contributed by atoms with E-state index in [1.807, 2.05) is 66.7 Å². The van der Waals surface area contributed by atoms with E-state index in [4.69, 9.17) is 9.72 Å². The van der Waals surface area contributed by atoms with Crippen LogP contribution in [0.15, 0.2) is 66.7 Å². The van der Waals surface area contributed by atoms with Crippen LogP contribution in [-0.2, 0) is 13.0 Å². The number of aryl methyl sites for hydroxylation is 1. The molecule has 0 spiro atoms. The van der Waals surface area contributed by atoms with Gasteiger partial charge in [0.2, 0.25) is 0 Å². The zero-order valence-electron chi connectivity index (χ0n) is 17.8. The molecule has 0 radical (unpaired) electrons. The summed E-state index contributed by atoms with van der Waals surface area (Å²) in [5.74, 6) is 0.797. The average Bonchev–Trinajstić information content (AvgIpc) is 3.14. The number of hydrogen-bond acceptors (Lipinski definition) is 3. The van der Waals surface area contributed by atoms with Crippen LogP contribution in [0.25, 0.3) is 22.2 Å². The maximum atomic E-state index is 12.3. The molecule has 0 saturated carbocycles. The van der Waals surface area contributed by atoms with Crippen LogP contribution in [-0.4, -0.2) is 27.7 Å². The number of carbonyl (C=O) groups is 1. The Morgan fingerprint density at radius 2 is 1.87 bits per heavy atom. The lowest BCUT2D eigenvalue weighted by Crippen LogP contribution is -2.11. The molecule has 0 saturated heterocycles. The van der Waals surface area contributed by atoms with Gasteiger partial charge in [-0.3, -0.25) is 0 Å². The van der Waals surface area contributed by atoms with E-state index in [9.17, 15) is 9.90 Å². The number of imidazole rings is 1. The molecule has 0 aliphatic carbocycles. The molecular formula is C26H26N2O3. The van der Waals surface area contributed by atoms with Crippen LogP contribution in [0, 0.1) is 0 Å². The van der Waals surface area contributed by atoms with E-state index in [-0.39, 0.29) is 0 Å². The van der Waals surface area contributed by atoms with Gasteiger partial charge < -0.3 is 14.4 Å². The fourth-order valence-electron chi connectivity index (χ4n) is 3.99. The summed E-state index contributed by atoms with van der Waals surface area (Å²) in [7, 11) is 1.64. The highest BCUT2D eigenvalue weighted by Crippen LogP contribution is 2.29. The van der Waals surface area contributed by atoms with Crippen molar-refractivity contribution in [3.8, 4) is 16.9 Å². The Morgan fingerprint density at radius 1 is 1.06 bits per heavy atom. The molecule has 1 aromatic heterocycles. The largest absolute Gasteiger partial charge is 0.497 e. The second kappa shape index (κ2) is 9.04. The van der Waals surface area contributed by atoms with E-state index in [0.717, 1.165) is 58.6 Å². The summed E-state index contributed by atoms with van der Waals surface area (Å²) >= 11 is 0. The van der Waals surface area contributed by atoms with Crippen LogP contribution in [0.1, 0.15) is 41.5 Å². The summed E-state index contributed by atoms with van der Waals surface area (Å²) in [6.07, 6.45) is 2.93. The second-order valence-electron chi connectivity index (χ2n) is 7.58. The number of carboxylic acids is 1. The summed E-state index contributed by atoms with van der Waals surface area (Å²) in [5, 5.41) is 10.1. The lowest BCUT2D eigenvalue weighted by molar-refractivity contribution is 0.0696. The molecule has 3 aromatic carbocycles. The average molecular weight is 415 g/mol. The Balaban J connectivity index is 1.86. The normalized spacial score (nSPS) is 11.0. The first-order valence-electron chi connectivity index (χ1n) is 10.6. The van der Waals surface area contributed by atoms with E-state index >= 15 is 0 Å². The molecule has 31 heavy (non-hydrogen) atoms. The molecule has 0 aliphatic heterocycles. The Labute approximate surface area is 181 Å². The van der Waals surface area contributed by atoms with Crippen molar-refractivity contribution in [2.45, 2.75) is 32.7 Å². The topological polar surface area (TPSA) is 64.4 Å². The molecular weight excluding hydrogens is 388 g/mol. The molecule has 0 amide bonds. The molecule has 1 N–H and O–H groups in total. The van der Waals surface area contributed by atoms with Crippen LogP contribution in [0.4, 0.5) is 0 Å². The highest BCUT2D eigenvalue weighted by Gasteiger charge is 2.19. The molecule has 0 fully saturated rings. The number of methoxy groups -OCH3 is 1. The van der Waals surface area contributed by atoms with Gasteiger partial charge in [-0.2, -0.15) is 0 Å². The minimum absolute atomic E-state index is 0.333. The van der Waals surface area contributed by atoms with Gasteiger partial charge in [0.15, 0.2) is 0 Å². The minimum atomic E-state index is -0.924.